The smallest absolute Gasteiger partial charge is 0.128 e. The highest BCUT2D eigenvalue weighted by molar-refractivity contribution is 5.14. The lowest BCUT2D eigenvalue weighted by atomic mass is 10.1. The van der Waals surface area contributed by atoms with Crippen LogP contribution >= 0.6 is 0 Å². The molecular weight excluding hydrogens is 208 g/mol. The Morgan fingerprint density at radius 3 is 2.18 bits per heavy atom. The molecule has 0 spiro atoms. The molecular formula is C15H18N2. The van der Waals surface area contributed by atoms with Crippen molar-refractivity contribution < 1.29 is 0 Å². The molecule has 0 N–H and O–H groups in total. The van der Waals surface area contributed by atoms with Gasteiger partial charge in [0.25, 0.3) is 0 Å². The third-order valence-electron chi connectivity index (χ3n) is 2.83. The first-order valence-electron chi connectivity index (χ1n) is 6.25. The van der Waals surface area contributed by atoms with Gasteiger partial charge in [-0.05, 0) is 30.9 Å². The molecule has 0 fully saturated rings. The van der Waals surface area contributed by atoms with Crippen molar-refractivity contribution in [2.24, 2.45) is 0 Å². The molecule has 0 aliphatic heterocycles. The van der Waals surface area contributed by atoms with Gasteiger partial charge in [0.15, 0.2) is 0 Å². The first kappa shape index (κ1) is 11.8. The number of rotatable bonds is 6. The summed E-state index contributed by atoms with van der Waals surface area (Å²) < 4.78 is 0. The number of aromatic nitrogens is 2. The van der Waals surface area contributed by atoms with Crippen molar-refractivity contribution in [1.82, 2.24) is 9.97 Å². The van der Waals surface area contributed by atoms with Gasteiger partial charge in [0.1, 0.15) is 5.82 Å². The van der Waals surface area contributed by atoms with Gasteiger partial charge in [-0.1, -0.05) is 36.8 Å². The molecule has 0 aliphatic carbocycles. The van der Waals surface area contributed by atoms with Crippen molar-refractivity contribution in [3.63, 3.8) is 0 Å². The van der Waals surface area contributed by atoms with Gasteiger partial charge in [-0.2, -0.15) is 0 Å². The van der Waals surface area contributed by atoms with Crippen LogP contribution in [0.25, 0.3) is 0 Å². The minimum Gasteiger partial charge on any atom is -0.241 e. The first-order chi connectivity index (χ1) is 8.45. The summed E-state index contributed by atoms with van der Waals surface area (Å²) in [6.45, 7) is 0. The summed E-state index contributed by atoms with van der Waals surface area (Å²) in [5.74, 6) is 0.965. The van der Waals surface area contributed by atoms with Gasteiger partial charge in [-0.15, -0.1) is 0 Å². The molecule has 1 aromatic carbocycles. The monoisotopic (exact) mass is 226 g/mol. The molecule has 1 aromatic heterocycles. The highest BCUT2D eigenvalue weighted by atomic mass is 14.8. The molecule has 1 heterocycles. The van der Waals surface area contributed by atoms with Crippen LogP contribution in [0.4, 0.5) is 0 Å². The molecule has 88 valence electrons. The maximum Gasteiger partial charge on any atom is 0.128 e. The van der Waals surface area contributed by atoms with Crippen LogP contribution in [0.2, 0.25) is 0 Å². The molecule has 0 amide bonds. The van der Waals surface area contributed by atoms with Crippen LogP contribution in [0.5, 0.6) is 0 Å². The Morgan fingerprint density at radius 1 is 0.706 bits per heavy atom. The van der Waals surface area contributed by atoms with E-state index in [0.29, 0.717) is 0 Å². The average molecular weight is 226 g/mol. The van der Waals surface area contributed by atoms with Gasteiger partial charge >= 0.3 is 0 Å². The Morgan fingerprint density at radius 2 is 1.41 bits per heavy atom. The summed E-state index contributed by atoms with van der Waals surface area (Å²) in [7, 11) is 0. The van der Waals surface area contributed by atoms with Crippen LogP contribution in [-0.2, 0) is 12.8 Å². The number of hydrogen-bond acceptors (Lipinski definition) is 2. The fraction of sp³-hybridized carbons (Fsp3) is 0.333. The lowest BCUT2D eigenvalue weighted by Gasteiger charge is -2.01. The molecule has 0 bridgehead atoms. The first-order valence-corrected chi connectivity index (χ1v) is 6.25. The predicted molar refractivity (Wildman–Crippen MR) is 69.7 cm³/mol. The predicted octanol–water partition coefficient (Wildman–Crippen LogP) is 3.43. The van der Waals surface area contributed by atoms with Crippen LogP contribution in [0.3, 0.4) is 0 Å². The topological polar surface area (TPSA) is 25.8 Å². The maximum absolute atomic E-state index is 4.22. The van der Waals surface area contributed by atoms with E-state index < -0.39 is 0 Å². The van der Waals surface area contributed by atoms with Crippen LogP contribution in [0, 0.1) is 0 Å². The number of benzene rings is 1. The number of nitrogens with zero attached hydrogens (tertiary/aromatic N) is 2. The van der Waals surface area contributed by atoms with Crippen molar-refractivity contribution in [2.45, 2.75) is 32.1 Å². The summed E-state index contributed by atoms with van der Waals surface area (Å²) in [6, 6.07) is 12.5. The Balaban J connectivity index is 1.61. The number of unbranched alkanes of at least 4 members (excludes halogenated alkanes) is 2. The Labute approximate surface area is 103 Å². The second kappa shape index (κ2) is 6.79. The lowest BCUT2D eigenvalue weighted by Crippen LogP contribution is -1.93. The van der Waals surface area contributed by atoms with Gasteiger partial charge in [-0.3, -0.25) is 0 Å². The summed E-state index contributed by atoms with van der Waals surface area (Å²) in [5.41, 5.74) is 1.43. The Kier molecular flexibility index (Phi) is 4.70. The van der Waals surface area contributed by atoms with E-state index in [1.165, 1.54) is 31.2 Å². The van der Waals surface area contributed by atoms with Gasteiger partial charge in [0.05, 0.1) is 0 Å². The normalized spacial score (nSPS) is 10.4. The van der Waals surface area contributed by atoms with E-state index in [9.17, 15) is 0 Å². The SMILES string of the molecule is c1ccc(CCCCCc2ncccn2)cc1. The highest BCUT2D eigenvalue weighted by Gasteiger charge is 1.96. The Bertz CT molecular complexity index is 370. The van der Waals surface area contributed by atoms with E-state index in [1.807, 2.05) is 18.5 Å². The minimum absolute atomic E-state index is 0.965. The van der Waals surface area contributed by atoms with Gasteiger partial charge < -0.3 is 0 Å². The van der Waals surface area contributed by atoms with E-state index in [2.05, 4.69) is 40.3 Å². The van der Waals surface area contributed by atoms with Crippen molar-refractivity contribution in [3.8, 4) is 0 Å². The molecule has 0 unspecified atom stereocenters. The van der Waals surface area contributed by atoms with Crippen LogP contribution in [-0.4, -0.2) is 9.97 Å². The van der Waals surface area contributed by atoms with Crippen molar-refractivity contribution in [2.75, 3.05) is 0 Å². The molecule has 2 nitrogen and oxygen atoms in total. The van der Waals surface area contributed by atoms with Crippen LogP contribution in [0.1, 0.15) is 30.7 Å². The highest BCUT2D eigenvalue weighted by Crippen LogP contribution is 2.07. The minimum atomic E-state index is 0.965. The zero-order chi connectivity index (χ0) is 11.8. The third-order valence-corrected chi connectivity index (χ3v) is 2.83. The fourth-order valence-corrected chi connectivity index (χ4v) is 1.89. The maximum atomic E-state index is 4.22. The average Bonchev–Trinajstić information content (AvgIpc) is 2.41. The molecule has 0 radical (unpaired) electrons. The number of hydrogen-bond donors (Lipinski definition) is 0. The molecule has 0 aliphatic rings. The lowest BCUT2D eigenvalue weighted by molar-refractivity contribution is 0.662. The van der Waals surface area contributed by atoms with Crippen LogP contribution < -0.4 is 0 Å². The zero-order valence-electron chi connectivity index (χ0n) is 10.0. The summed E-state index contributed by atoms with van der Waals surface area (Å²) >= 11 is 0. The molecule has 17 heavy (non-hydrogen) atoms. The van der Waals surface area contributed by atoms with Crippen molar-refractivity contribution in [3.05, 3.63) is 60.2 Å². The molecule has 0 saturated carbocycles. The molecule has 2 rings (SSSR count). The number of aryl methyl sites for hydroxylation is 2. The molecule has 0 saturated heterocycles. The van der Waals surface area contributed by atoms with Gasteiger partial charge in [0, 0.05) is 18.8 Å². The van der Waals surface area contributed by atoms with Crippen molar-refractivity contribution in [1.29, 1.82) is 0 Å². The standard InChI is InChI=1S/C15H18N2/c1-3-8-14(9-4-1)10-5-2-6-11-15-16-12-7-13-17-15/h1,3-4,7-9,12-13H,2,5-6,10-11H2. The van der Waals surface area contributed by atoms with E-state index in [4.69, 9.17) is 0 Å². The van der Waals surface area contributed by atoms with Gasteiger partial charge in [0.2, 0.25) is 0 Å². The van der Waals surface area contributed by atoms with E-state index in [0.717, 1.165) is 12.2 Å². The van der Waals surface area contributed by atoms with Crippen molar-refractivity contribution >= 4 is 0 Å². The zero-order valence-corrected chi connectivity index (χ0v) is 10.0. The summed E-state index contributed by atoms with van der Waals surface area (Å²) in [5, 5.41) is 0. The second-order valence-electron chi connectivity index (χ2n) is 4.21. The third kappa shape index (κ3) is 4.35. The summed E-state index contributed by atoms with van der Waals surface area (Å²) in [6.07, 6.45) is 9.46. The summed E-state index contributed by atoms with van der Waals surface area (Å²) in [4.78, 5) is 8.45. The largest absolute Gasteiger partial charge is 0.241 e. The van der Waals surface area contributed by atoms with Crippen LogP contribution in [0.15, 0.2) is 48.8 Å². The molecule has 2 heteroatoms. The quantitative estimate of drug-likeness (QED) is 0.705. The van der Waals surface area contributed by atoms with E-state index in [-0.39, 0.29) is 0 Å². The molecule has 2 aromatic rings. The van der Waals surface area contributed by atoms with Gasteiger partial charge in [-0.25, -0.2) is 9.97 Å². The van der Waals surface area contributed by atoms with E-state index in [1.54, 1.807) is 0 Å². The fourth-order valence-electron chi connectivity index (χ4n) is 1.89. The van der Waals surface area contributed by atoms with E-state index >= 15 is 0 Å². The molecule has 0 atom stereocenters. The second-order valence-corrected chi connectivity index (χ2v) is 4.21. The Hall–Kier alpha value is -1.70.